The zero-order chi connectivity index (χ0) is 9.84. The maximum atomic E-state index is 10.6. The maximum Gasteiger partial charge on any atom is 0.407 e. The van der Waals surface area contributed by atoms with E-state index in [0.29, 0.717) is 12.6 Å². The molecule has 0 aromatic carbocycles. The summed E-state index contributed by atoms with van der Waals surface area (Å²) in [6, 6.07) is 0.412. The Morgan fingerprint density at radius 3 is 2.85 bits per heavy atom. The van der Waals surface area contributed by atoms with E-state index < -0.39 is 6.09 Å². The van der Waals surface area contributed by atoms with Crippen molar-refractivity contribution in [2.24, 2.45) is 0 Å². The average Bonchev–Trinajstić information content (AvgIpc) is 2.08. The van der Waals surface area contributed by atoms with Crippen molar-refractivity contribution in [1.82, 2.24) is 9.80 Å². The number of carbonyl (C=O) groups is 1. The van der Waals surface area contributed by atoms with Gasteiger partial charge in [-0.15, -0.1) is 0 Å². The number of hydrogen-bond acceptors (Lipinski definition) is 2. The lowest BCUT2D eigenvalue weighted by molar-refractivity contribution is 0.119. The normalized spacial score (nSPS) is 24.3. The average molecular weight is 186 g/mol. The SMILES string of the molecule is CN(CC1CCCCN1C)C(=O)O. The number of likely N-dealkylation sites (N-methyl/N-ethyl adjacent to an activating group) is 2. The van der Waals surface area contributed by atoms with Gasteiger partial charge >= 0.3 is 6.09 Å². The molecule has 1 heterocycles. The molecule has 76 valence electrons. The Hall–Kier alpha value is -0.770. The number of hydrogen-bond donors (Lipinski definition) is 1. The molecule has 1 N–H and O–H groups in total. The summed E-state index contributed by atoms with van der Waals surface area (Å²) >= 11 is 0. The molecule has 0 aromatic rings. The molecule has 0 aromatic heterocycles. The van der Waals surface area contributed by atoms with E-state index in [9.17, 15) is 4.79 Å². The van der Waals surface area contributed by atoms with Crippen LogP contribution < -0.4 is 0 Å². The van der Waals surface area contributed by atoms with Crippen LogP contribution in [0.3, 0.4) is 0 Å². The molecule has 0 aliphatic carbocycles. The second-order valence-electron chi connectivity index (χ2n) is 3.79. The second kappa shape index (κ2) is 4.46. The fourth-order valence-electron chi connectivity index (χ4n) is 1.77. The molecule has 1 fully saturated rings. The van der Waals surface area contributed by atoms with Crippen LogP contribution in [0.25, 0.3) is 0 Å². The third-order valence-electron chi connectivity index (χ3n) is 2.73. The maximum absolute atomic E-state index is 10.6. The van der Waals surface area contributed by atoms with Crippen LogP contribution in [-0.2, 0) is 0 Å². The van der Waals surface area contributed by atoms with Crippen molar-refractivity contribution in [3.05, 3.63) is 0 Å². The summed E-state index contributed by atoms with van der Waals surface area (Å²) in [6.07, 6.45) is 2.75. The molecule has 1 aliphatic rings. The van der Waals surface area contributed by atoms with Crippen molar-refractivity contribution in [3.63, 3.8) is 0 Å². The minimum atomic E-state index is -0.834. The third-order valence-corrected chi connectivity index (χ3v) is 2.73. The van der Waals surface area contributed by atoms with E-state index >= 15 is 0 Å². The second-order valence-corrected chi connectivity index (χ2v) is 3.79. The van der Waals surface area contributed by atoms with Gasteiger partial charge in [0.15, 0.2) is 0 Å². The first-order valence-corrected chi connectivity index (χ1v) is 4.75. The Kier molecular flexibility index (Phi) is 3.54. The summed E-state index contributed by atoms with van der Waals surface area (Å²) in [5.74, 6) is 0. The quantitative estimate of drug-likeness (QED) is 0.701. The molecule has 1 saturated heterocycles. The molecular formula is C9H18N2O2. The Morgan fingerprint density at radius 1 is 1.62 bits per heavy atom. The molecule has 1 rings (SSSR count). The van der Waals surface area contributed by atoms with Crippen LogP contribution in [-0.4, -0.2) is 54.2 Å². The topological polar surface area (TPSA) is 43.8 Å². The lowest BCUT2D eigenvalue weighted by atomic mass is 10.0. The monoisotopic (exact) mass is 186 g/mol. The fraction of sp³-hybridized carbons (Fsp3) is 0.889. The van der Waals surface area contributed by atoms with Crippen LogP contribution in [0.15, 0.2) is 0 Å². The van der Waals surface area contributed by atoms with Gasteiger partial charge in [-0.3, -0.25) is 0 Å². The Balaban J connectivity index is 2.37. The molecular weight excluding hydrogens is 168 g/mol. The van der Waals surface area contributed by atoms with Gasteiger partial charge in [-0.1, -0.05) is 6.42 Å². The number of amides is 1. The largest absolute Gasteiger partial charge is 0.465 e. The Labute approximate surface area is 79.1 Å². The predicted molar refractivity (Wildman–Crippen MR) is 50.9 cm³/mol. The van der Waals surface area contributed by atoms with Crippen molar-refractivity contribution in [3.8, 4) is 0 Å². The highest BCUT2D eigenvalue weighted by molar-refractivity contribution is 5.64. The van der Waals surface area contributed by atoms with Gasteiger partial charge in [0.05, 0.1) is 0 Å². The van der Waals surface area contributed by atoms with Crippen LogP contribution in [0.4, 0.5) is 4.79 Å². The van der Waals surface area contributed by atoms with E-state index in [1.54, 1.807) is 7.05 Å². The molecule has 13 heavy (non-hydrogen) atoms. The molecule has 1 amide bonds. The Morgan fingerprint density at radius 2 is 2.31 bits per heavy atom. The van der Waals surface area contributed by atoms with E-state index in [1.165, 1.54) is 17.7 Å². The first-order valence-electron chi connectivity index (χ1n) is 4.75. The van der Waals surface area contributed by atoms with Gasteiger partial charge in [0, 0.05) is 19.6 Å². The zero-order valence-electron chi connectivity index (χ0n) is 8.36. The van der Waals surface area contributed by atoms with Crippen LogP contribution in [0.5, 0.6) is 0 Å². The van der Waals surface area contributed by atoms with Crippen molar-refractivity contribution in [2.75, 3.05) is 27.2 Å². The van der Waals surface area contributed by atoms with Gasteiger partial charge in [0.2, 0.25) is 0 Å². The first kappa shape index (κ1) is 10.3. The minimum absolute atomic E-state index is 0.412. The van der Waals surface area contributed by atoms with E-state index in [4.69, 9.17) is 5.11 Å². The lowest BCUT2D eigenvalue weighted by Crippen LogP contribution is -2.44. The molecule has 0 bridgehead atoms. The molecule has 4 nitrogen and oxygen atoms in total. The minimum Gasteiger partial charge on any atom is -0.465 e. The zero-order valence-corrected chi connectivity index (χ0v) is 8.36. The van der Waals surface area contributed by atoms with Crippen LogP contribution in [0, 0.1) is 0 Å². The molecule has 0 saturated carbocycles. The summed E-state index contributed by atoms with van der Waals surface area (Å²) in [5.41, 5.74) is 0. The third kappa shape index (κ3) is 2.88. The molecule has 0 radical (unpaired) electrons. The molecule has 1 unspecified atom stereocenters. The predicted octanol–water partition coefficient (Wildman–Crippen LogP) is 1.08. The van der Waals surface area contributed by atoms with E-state index in [1.807, 2.05) is 0 Å². The van der Waals surface area contributed by atoms with Gasteiger partial charge < -0.3 is 14.9 Å². The van der Waals surface area contributed by atoms with Crippen molar-refractivity contribution in [2.45, 2.75) is 25.3 Å². The highest BCUT2D eigenvalue weighted by Gasteiger charge is 2.21. The molecule has 4 heteroatoms. The lowest BCUT2D eigenvalue weighted by Gasteiger charge is -2.34. The molecule has 0 spiro atoms. The fourth-order valence-corrected chi connectivity index (χ4v) is 1.77. The highest BCUT2D eigenvalue weighted by Crippen LogP contribution is 2.15. The van der Waals surface area contributed by atoms with Gasteiger partial charge in [-0.05, 0) is 26.4 Å². The van der Waals surface area contributed by atoms with Crippen LogP contribution >= 0.6 is 0 Å². The van der Waals surface area contributed by atoms with Gasteiger partial charge in [0.1, 0.15) is 0 Å². The van der Waals surface area contributed by atoms with Crippen LogP contribution in [0.2, 0.25) is 0 Å². The first-order chi connectivity index (χ1) is 6.11. The van der Waals surface area contributed by atoms with Crippen molar-refractivity contribution >= 4 is 6.09 Å². The van der Waals surface area contributed by atoms with Crippen molar-refractivity contribution < 1.29 is 9.90 Å². The smallest absolute Gasteiger partial charge is 0.407 e. The van der Waals surface area contributed by atoms with E-state index in [2.05, 4.69) is 11.9 Å². The summed E-state index contributed by atoms with van der Waals surface area (Å²) in [5, 5.41) is 8.71. The number of likely N-dealkylation sites (tertiary alicyclic amines) is 1. The standard InChI is InChI=1S/C9H18N2O2/c1-10-6-4-3-5-8(10)7-11(2)9(12)13/h8H,3-7H2,1-2H3,(H,12,13). The van der Waals surface area contributed by atoms with E-state index in [0.717, 1.165) is 13.0 Å². The number of piperidine rings is 1. The molecule has 1 aliphatic heterocycles. The van der Waals surface area contributed by atoms with Gasteiger partial charge in [0.25, 0.3) is 0 Å². The molecule has 1 atom stereocenters. The van der Waals surface area contributed by atoms with Crippen molar-refractivity contribution in [1.29, 1.82) is 0 Å². The highest BCUT2D eigenvalue weighted by atomic mass is 16.4. The summed E-state index contributed by atoms with van der Waals surface area (Å²) in [6.45, 7) is 1.73. The number of rotatable bonds is 2. The van der Waals surface area contributed by atoms with Gasteiger partial charge in [-0.25, -0.2) is 4.79 Å². The van der Waals surface area contributed by atoms with Gasteiger partial charge in [-0.2, -0.15) is 0 Å². The summed E-state index contributed by atoms with van der Waals surface area (Å²) < 4.78 is 0. The number of carboxylic acid groups (broad SMARTS) is 1. The summed E-state index contributed by atoms with van der Waals surface area (Å²) in [7, 11) is 3.70. The summed E-state index contributed by atoms with van der Waals surface area (Å²) in [4.78, 5) is 14.2. The Bertz CT molecular complexity index is 184. The van der Waals surface area contributed by atoms with Crippen LogP contribution in [0.1, 0.15) is 19.3 Å². The number of nitrogens with zero attached hydrogens (tertiary/aromatic N) is 2. The van der Waals surface area contributed by atoms with E-state index in [-0.39, 0.29) is 0 Å².